The first kappa shape index (κ1) is 12.3. The second-order valence-corrected chi connectivity index (χ2v) is 3.75. The number of fused-ring (bicyclic) bond motifs is 1. The summed E-state index contributed by atoms with van der Waals surface area (Å²) in [4.78, 5) is 0. The summed E-state index contributed by atoms with van der Waals surface area (Å²) in [7, 11) is 0. The Labute approximate surface area is 103 Å². The van der Waals surface area contributed by atoms with Crippen molar-refractivity contribution in [3.63, 3.8) is 0 Å². The molecular weight excluding hydrogens is 237 g/mol. The van der Waals surface area contributed by atoms with E-state index in [-0.39, 0.29) is 0 Å². The molecule has 0 fully saturated rings. The molecule has 0 N–H and O–H groups in total. The van der Waals surface area contributed by atoms with Gasteiger partial charge in [0.15, 0.2) is 0 Å². The van der Waals surface area contributed by atoms with Crippen LogP contribution < -0.4 is 0 Å². The summed E-state index contributed by atoms with van der Waals surface area (Å²) in [5, 5.41) is 1.78. The molecule has 0 nitrogen and oxygen atoms in total. The smallest absolute Gasteiger partial charge is 0.165 e. The molecule has 0 unspecified atom stereocenters. The number of rotatable bonds is 0. The Bertz CT molecular complexity index is 649. The topological polar surface area (TPSA) is 0 Å². The van der Waals surface area contributed by atoms with E-state index in [9.17, 15) is 13.2 Å². The predicted molar refractivity (Wildman–Crippen MR) is 66.0 cm³/mol. The van der Waals surface area contributed by atoms with Crippen LogP contribution in [0.4, 0.5) is 13.2 Å². The predicted octanol–water partition coefficient (Wildman–Crippen LogP) is 4.31. The van der Waals surface area contributed by atoms with E-state index in [1.54, 1.807) is 12.1 Å². The monoisotopic (exact) mass is 246 g/mol. The zero-order chi connectivity index (χ0) is 13.2. The summed E-state index contributed by atoms with van der Waals surface area (Å²) in [5.41, 5.74) is -0.464. The van der Waals surface area contributed by atoms with Crippen molar-refractivity contribution in [3.8, 4) is 11.8 Å². The van der Waals surface area contributed by atoms with Gasteiger partial charge in [-0.3, -0.25) is 0 Å². The summed E-state index contributed by atoms with van der Waals surface area (Å²) in [5.74, 6) is 4.59. The van der Waals surface area contributed by atoms with Crippen molar-refractivity contribution >= 4 is 10.8 Å². The maximum Gasteiger partial charge on any atom is 0.423 e. The first-order valence-electron chi connectivity index (χ1n) is 5.24. The lowest BCUT2D eigenvalue weighted by atomic mass is 10.0. The van der Waals surface area contributed by atoms with Crippen molar-refractivity contribution in [2.75, 3.05) is 0 Å². The SMILES string of the molecule is C=C(C#Cc1cccc2ccccc12)C(F)(F)F. The van der Waals surface area contributed by atoms with Gasteiger partial charge >= 0.3 is 6.18 Å². The second kappa shape index (κ2) is 4.58. The highest BCUT2D eigenvalue weighted by Crippen LogP contribution is 2.23. The molecule has 90 valence electrons. The first-order chi connectivity index (χ1) is 8.48. The summed E-state index contributed by atoms with van der Waals surface area (Å²) < 4.78 is 36.8. The van der Waals surface area contributed by atoms with Crippen LogP contribution in [0.3, 0.4) is 0 Å². The van der Waals surface area contributed by atoms with Crippen LogP contribution in [0.2, 0.25) is 0 Å². The van der Waals surface area contributed by atoms with Gasteiger partial charge in [0, 0.05) is 5.56 Å². The summed E-state index contributed by atoms with van der Waals surface area (Å²) in [6.45, 7) is 2.92. The number of benzene rings is 2. The Hall–Kier alpha value is -2.21. The van der Waals surface area contributed by atoms with Gasteiger partial charge in [0.1, 0.15) is 0 Å². The summed E-state index contributed by atoms with van der Waals surface area (Å²) in [6, 6.07) is 12.8. The maximum absolute atomic E-state index is 12.3. The van der Waals surface area contributed by atoms with Crippen molar-refractivity contribution in [2.45, 2.75) is 6.18 Å². The van der Waals surface area contributed by atoms with Crippen molar-refractivity contribution in [1.29, 1.82) is 0 Å². The quantitative estimate of drug-likeness (QED) is 0.607. The molecule has 0 amide bonds. The average Bonchev–Trinajstić information content (AvgIpc) is 2.34. The highest BCUT2D eigenvalue weighted by atomic mass is 19.4. The first-order valence-corrected chi connectivity index (χ1v) is 5.24. The molecule has 2 aromatic rings. The van der Waals surface area contributed by atoms with E-state index in [1.165, 1.54) is 0 Å². The van der Waals surface area contributed by atoms with Crippen LogP contribution in [0.25, 0.3) is 10.8 Å². The maximum atomic E-state index is 12.3. The van der Waals surface area contributed by atoms with Crippen LogP contribution in [0.1, 0.15) is 5.56 Å². The molecule has 0 spiro atoms. The molecule has 0 aromatic heterocycles. The normalized spacial score (nSPS) is 10.8. The summed E-state index contributed by atoms with van der Waals surface area (Å²) >= 11 is 0. The molecule has 0 heterocycles. The molecule has 18 heavy (non-hydrogen) atoms. The van der Waals surface area contributed by atoms with Crippen LogP contribution in [-0.4, -0.2) is 6.18 Å². The average molecular weight is 246 g/mol. The van der Waals surface area contributed by atoms with E-state index >= 15 is 0 Å². The number of hydrogen-bond acceptors (Lipinski definition) is 0. The lowest BCUT2D eigenvalue weighted by molar-refractivity contribution is -0.0868. The molecule has 0 radical (unpaired) electrons. The van der Waals surface area contributed by atoms with Crippen LogP contribution in [0.15, 0.2) is 54.6 Å². The minimum absolute atomic E-state index is 0.568. The molecular formula is C15H9F3. The van der Waals surface area contributed by atoms with Gasteiger partial charge in [-0.15, -0.1) is 0 Å². The van der Waals surface area contributed by atoms with E-state index in [2.05, 4.69) is 18.4 Å². The second-order valence-electron chi connectivity index (χ2n) is 3.75. The lowest BCUT2D eigenvalue weighted by Crippen LogP contribution is -2.08. The Morgan fingerprint density at radius 3 is 2.39 bits per heavy atom. The minimum atomic E-state index is -4.46. The third-order valence-electron chi connectivity index (χ3n) is 2.48. The zero-order valence-electron chi connectivity index (χ0n) is 9.38. The third kappa shape index (κ3) is 2.54. The molecule has 0 aliphatic rings. The molecule has 0 saturated carbocycles. The fourth-order valence-corrected chi connectivity index (χ4v) is 1.55. The van der Waals surface area contributed by atoms with Gasteiger partial charge in [0.05, 0.1) is 5.57 Å². The van der Waals surface area contributed by atoms with Gasteiger partial charge in [0.25, 0.3) is 0 Å². The van der Waals surface area contributed by atoms with Gasteiger partial charge in [-0.2, -0.15) is 13.2 Å². The Kier molecular flexibility index (Phi) is 3.12. The fourth-order valence-electron chi connectivity index (χ4n) is 1.55. The van der Waals surface area contributed by atoms with Gasteiger partial charge < -0.3 is 0 Å². The fraction of sp³-hybridized carbons (Fsp3) is 0.0667. The standard InChI is InChI=1S/C15H9F3/c1-11(15(16,17)18)9-10-13-7-4-6-12-5-2-3-8-14(12)13/h2-8H,1H2. The van der Waals surface area contributed by atoms with Crippen molar-refractivity contribution in [1.82, 2.24) is 0 Å². The van der Waals surface area contributed by atoms with E-state index in [1.807, 2.05) is 30.3 Å². The minimum Gasteiger partial charge on any atom is -0.165 e. The third-order valence-corrected chi connectivity index (χ3v) is 2.48. The Morgan fingerprint density at radius 2 is 1.67 bits per heavy atom. The van der Waals surface area contributed by atoms with Crippen LogP contribution >= 0.6 is 0 Å². The van der Waals surface area contributed by atoms with Crippen LogP contribution in [-0.2, 0) is 0 Å². The molecule has 2 aromatic carbocycles. The Morgan fingerprint density at radius 1 is 1.00 bits per heavy atom. The van der Waals surface area contributed by atoms with Gasteiger partial charge in [-0.05, 0) is 16.8 Å². The van der Waals surface area contributed by atoms with Crippen molar-refractivity contribution in [2.24, 2.45) is 0 Å². The molecule has 2 rings (SSSR count). The number of halogens is 3. The molecule has 0 aliphatic heterocycles. The highest BCUT2D eigenvalue weighted by molar-refractivity contribution is 5.88. The van der Waals surface area contributed by atoms with Gasteiger partial charge in [0.2, 0.25) is 0 Å². The van der Waals surface area contributed by atoms with E-state index in [4.69, 9.17) is 0 Å². The van der Waals surface area contributed by atoms with Gasteiger partial charge in [-0.25, -0.2) is 0 Å². The van der Waals surface area contributed by atoms with Crippen molar-refractivity contribution < 1.29 is 13.2 Å². The number of allylic oxidation sites excluding steroid dienone is 1. The van der Waals surface area contributed by atoms with Crippen LogP contribution in [0.5, 0.6) is 0 Å². The Balaban J connectivity index is 2.45. The molecule has 3 heteroatoms. The van der Waals surface area contributed by atoms with E-state index in [0.717, 1.165) is 10.8 Å². The largest absolute Gasteiger partial charge is 0.423 e. The number of alkyl halides is 3. The molecule has 0 aliphatic carbocycles. The highest BCUT2D eigenvalue weighted by Gasteiger charge is 2.30. The van der Waals surface area contributed by atoms with E-state index < -0.39 is 11.7 Å². The number of hydrogen-bond donors (Lipinski definition) is 0. The zero-order valence-corrected chi connectivity index (χ0v) is 9.38. The van der Waals surface area contributed by atoms with Crippen molar-refractivity contribution in [3.05, 3.63) is 60.2 Å². The van der Waals surface area contributed by atoms with E-state index in [0.29, 0.717) is 5.56 Å². The lowest BCUT2D eigenvalue weighted by Gasteiger charge is -2.02. The molecule has 0 saturated heterocycles. The van der Waals surface area contributed by atoms with Gasteiger partial charge in [-0.1, -0.05) is 54.8 Å². The summed E-state index contributed by atoms with van der Waals surface area (Å²) in [6.07, 6.45) is -4.46. The molecule has 0 bridgehead atoms. The van der Waals surface area contributed by atoms with Crippen LogP contribution in [0, 0.1) is 11.8 Å². The molecule has 0 atom stereocenters.